The predicted molar refractivity (Wildman–Crippen MR) is 83.4 cm³/mol. The average Bonchev–Trinajstić information content (AvgIpc) is 2.29. The van der Waals surface area contributed by atoms with E-state index in [1.54, 1.807) is 12.1 Å². The molecule has 5 heteroatoms. The minimum Gasteiger partial charge on any atom is -0.444 e. The molecule has 0 unspecified atom stereocenters. The fourth-order valence-electron chi connectivity index (χ4n) is 1.71. The molecule has 0 saturated carbocycles. The van der Waals surface area contributed by atoms with Crippen LogP contribution in [0.2, 0.25) is 5.02 Å². The number of rotatable bonds is 3. The van der Waals surface area contributed by atoms with Crippen molar-refractivity contribution >= 4 is 23.4 Å². The first-order chi connectivity index (χ1) is 9.05. The van der Waals surface area contributed by atoms with Gasteiger partial charge in [-0.2, -0.15) is 0 Å². The molecule has 0 saturated heterocycles. The molecule has 1 rings (SSSR count). The Hall–Kier alpha value is -1.26. The van der Waals surface area contributed by atoms with E-state index in [4.69, 9.17) is 22.1 Å². The van der Waals surface area contributed by atoms with Crippen LogP contribution in [-0.2, 0) is 10.2 Å². The Morgan fingerprint density at radius 1 is 1.30 bits per heavy atom. The lowest BCUT2D eigenvalue weighted by Gasteiger charge is -2.27. The van der Waals surface area contributed by atoms with Gasteiger partial charge in [-0.3, -0.25) is 5.32 Å². The molecule has 0 spiro atoms. The maximum atomic E-state index is 11.9. The normalized spacial score (nSPS) is 12.2. The van der Waals surface area contributed by atoms with Gasteiger partial charge in [-0.1, -0.05) is 25.4 Å². The Morgan fingerprint density at radius 2 is 1.90 bits per heavy atom. The molecule has 3 N–H and O–H groups in total. The number of ether oxygens (including phenoxy) is 1. The first-order valence-electron chi connectivity index (χ1n) is 6.55. The molecule has 1 amide bonds. The van der Waals surface area contributed by atoms with Gasteiger partial charge >= 0.3 is 6.09 Å². The van der Waals surface area contributed by atoms with E-state index in [0.717, 1.165) is 5.56 Å². The Labute approximate surface area is 125 Å². The van der Waals surface area contributed by atoms with E-state index in [-0.39, 0.29) is 5.41 Å². The number of nitrogens with one attached hydrogen (secondary N) is 1. The second-order valence-corrected chi connectivity index (χ2v) is 6.84. The third-order valence-corrected chi connectivity index (χ3v) is 3.09. The third-order valence-electron chi connectivity index (χ3n) is 2.86. The number of carbonyl (C=O) groups is 1. The van der Waals surface area contributed by atoms with Crippen LogP contribution in [-0.4, -0.2) is 18.2 Å². The zero-order chi connectivity index (χ0) is 15.6. The van der Waals surface area contributed by atoms with Crippen molar-refractivity contribution in [1.82, 2.24) is 0 Å². The van der Waals surface area contributed by atoms with Crippen molar-refractivity contribution in [2.24, 2.45) is 5.73 Å². The number of hydrogen-bond donors (Lipinski definition) is 2. The number of carbonyl (C=O) groups excluding carboxylic acids is 1. The zero-order valence-corrected chi connectivity index (χ0v) is 13.5. The van der Waals surface area contributed by atoms with Crippen LogP contribution in [0.25, 0.3) is 0 Å². The molecule has 0 aliphatic rings. The summed E-state index contributed by atoms with van der Waals surface area (Å²) in [6, 6.07) is 5.31. The largest absolute Gasteiger partial charge is 0.444 e. The average molecular weight is 299 g/mol. The summed E-state index contributed by atoms with van der Waals surface area (Å²) in [5.74, 6) is 0. The zero-order valence-electron chi connectivity index (χ0n) is 12.7. The van der Waals surface area contributed by atoms with Crippen LogP contribution >= 0.6 is 11.6 Å². The second-order valence-electron chi connectivity index (χ2n) is 6.40. The summed E-state index contributed by atoms with van der Waals surface area (Å²) in [4.78, 5) is 11.9. The van der Waals surface area contributed by atoms with Gasteiger partial charge in [0.2, 0.25) is 0 Å². The minimum atomic E-state index is -0.542. The van der Waals surface area contributed by atoms with Gasteiger partial charge in [-0.05, 0) is 44.5 Å². The van der Waals surface area contributed by atoms with E-state index in [1.807, 2.05) is 40.7 Å². The maximum Gasteiger partial charge on any atom is 0.412 e. The minimum absolute atomic E-state index is 0.296. The van der Waals surface area contributed by atoms with Crippen molar-refractivity contribution in [2.45, 2.75) is 45.6 Å². The van der Waals surface area contributed by atoms with Crippen LogP contribution in [0.15, 0.2) is 18.2 Å². The van der Waals surface area contributed by atoms with Crippen LogP contribution in [0, 0.1) is 0 Å². The van der Waals surface area contributed by atoms with E-state index < -0.39 is 11.7 Å². The van der Waals surface area contributed by atoms with Crippen LogP contribution in [0.4, 0.5) is 10.5 Å². The van der Waals surface area contributed by atoms with Crippen LogP contribution in [0.5, 0.6) is 0 Å². The van der Waals surface area contributed by atoms with Crippen molar-refractivity contribution in [3.8, 4) is 0 Å². The van der Waals surface area contributed by atoms with Crippen molar-refractivity contribution < 1.29 is 9.53 Å². The lowest BCUT2D eigenvalue weighted by atomic mass is 9.83. The number of amides is 1. The SMILES string of the molecule is CC(C)(C)OC(=O)Nc1ccc(Cl)cc1C(C)(C)CN. The Balaban J connectivity index is 3.04. The molecular formula is C15H23ClN2O2. The molecule has 1 aromatic carbocycles. The summed E-state index contributed by atoms with van der Waals surface area (Å²) in [6.45, 7) is 9.89. The van der Waals surface area contributed by atoms with Crippen molar-refractivity contribution in [2.75, 3.05) is 11.9 Å². The van der Waals surface area contributed by atoms with E-state index in [1.165, 1.54) is 0 Å². The van der Waals surface area contributed by atoms with Gasteiger partial charge in [-0.15, -0.1) is 0 Å². The van der Waals surface area contributed by atoms with Crippen molar-refractivity contribution in [3.05, 3.63) is 28.8 Å². The Morgan fingerprint density at radius 3 is 2.40 bits per heavy atom. The molecular weight excluding hydrogens is 276 g/mol. The molecule has 112 valence electrons. The van der Waals surface area contributed by atoms with Gasteiger partial charge < -0.3 is 10.5 Å². The number of anilines is 1. The van der Waals surface area contributed by atoms with E-state index in [2.05, 4.69) is 5.32 Å². The smallest absolute Gasteiger partial charge is 0.412 e. The quantitative estimate of drug-likeness (QED) is 0.889. The monoisotopic (exact) mass is 298 g/mol. The maximum absolute atomic E-state index is 11.9. The highest BCUT2D eigenvalue weighted by atomic mass is 35.5. The highest BCUT2D eigenvalue weighted by molar-refractivity contribution is 6.30. The number of nitrogens with two attached hydrogens (primary N) is 1. The lowest BCUT2D eigenvalue weighted by Crippen LogP contribution is -2.31. The highest BCUT2D eigenvalue weighted by Crippen LogP contribution is 2.32. The molecule has 0 bridgehead atoms. The molecule has 1 aromatic rings. The van der Waals surface area contributed by atoms with Crippen LogP contribution < -0.4 is 11.1 Å². The molecule has 0 aliphatic heterocycles. The van der Waals surface area contributed by atoms with Gasteiger partial charge in [0.25, 0.3) is 0 Å². The molecule has 4 nitrogen and oxygen atoms in total. The second kappa shape index (κ2) is 6.02. The molecule has 0 aliphatic carbocycles. The molecule has 0 heterocycles. The van der Waals surface area contributed by atoms with Gasteiger partial charge in [0.15, 0.2) is 0 Å². The van der Waals surface area contributed by atoms with Crippen molar-refractivity contribution in [1.29, 1.82) is 0 Å². The van der Waals surface area contributed by atoms with E-state index >= 15 is 0 Å². The summed E-state index contributed by atoms with van der Waals surface area (Å²) in [6.07, 6.45) is -0.492. The first kappa shape index (κ1) is 16.8. The van der Waals surface area contributed by atoms with Gasteiger partial charge in [0.1, 0.15) is 5.60 Å². The lowest BCUT2D eigenvalue weighted by molar-refractivity contribution is 0.0635. The first-order valence-corrected chi connectivity index (χ1v) is 6.93. The number of benzene rings is 1. The van der Waals surface area contributed by atoms with Gasteiger partial charge in [0, 0.05) is 22.7 Å². The third kappa shape index (κ3) is 4.69. The molecule has 20 heavy (non-hydrogen) atoms. The van der Waals surface area contributed by atoms with Crippen LogP contribution in [0.1, 0.15) is 40.2 Å². The fraction of sp³-hybridized carbons (Fsp3) is 0.533. The van der Waals surface area contributed by atoms with Gasteiger partial charge in [-0.25, -0.2) is 4.79 Å². The summed E-state index contributed by atoms with van der Waals surface area (Å²) >= 11 is 6.04. The number of halogens is 1. The highest BCUT2D eigenvalue weighted by Gasteiger charge is 2.24. The van der Waals surface area contributed by atoms with E-state index in [0.29, 0.717) is 17.3 Å². The standard InChI is InChI=1S/C15H23ClN2O2/c1-14(2,3)20-13(19)18-12-7-6-10(16)8-11(12)15(4,5)9-17/h6-8H,9,17H2,1-5H3,(H,18,19). The summed E-state index contributed by atoms with van der Waals surface area (Å²) in [5, 5.41) is 3.37. The molecule has 0 radical (unpaired) electrons. The predicted octanol–water partition coefficient (Wildman–Crippen LogP) is 3.92. The summed E-state index contributed by atoms with van der Waals surface area (Å²) in [7, 11) is 0. The molecule has 0 atom stereocenters. The topological polar surface area (TPSA) is 64.3 Å². The van der Waals surface area contributed by atoms with E-state index in [9.17, 15) is 4.79 Å². The fourth-order valence-corrected chi connectivity index (χ4v) is 1.88. The van der Waals surface area contributed by atoms with Crippen LogP contribution in [0.3, 0.4) is 0 Å². The summed E-state index contributed by atoms with van der Waals surface area (Å²) in [5.41, 5.74) is 6.52. The Bertz CT molecular complexity index is 493. The van der Waals surface area contributed by atoms with Gasteiger partial charge in [0.05, 0.1) is 0 Å². The Kier molecular flexibility index (Phi) is 5.05. The molecule has 0 fully saturated rings. The summed E-state index contributed by atoms with van der Waals surface area (Å²) < 4.78 is 5.26. The molecule has 0 aromatic heterocycles. The number of hydrogen-bond acceptors (Lipinski definition) is 3. The van der Waals surface area contributed by atoms with Crippen molar-refractivity contribution in [3.63, 3.8) is 0 Å².